The van der Waals surface area contributed by atoms with Gasteiger partial charge in [-0.1, -0.05) is 6.92 Å². The number of aromatic nitrogens is 2. The van der Waals surface area contributed by atoms with Crippen molar-refractivity contribution in [1.29, 1.82) is 5.26 Å². The predicted octanol–water partition coefficient (Wildman–Crippen LogP) is 1.60. The van der Waals surface area contributed by atoms with Gasteiger partial charge in [0.1, 0.15) is 17.1 Å². The molecule has 1 amide bonds. The maximum atomic E-state index is 12.5. The van der Waals surface area contributed by atoms with Crippen LogP contribution in [0.1, 0.15) is 31.7 Å². The van der Waals surface area contributed by atoms with Crippen LogP contribution < -0.4 is 10.2 Å². The molecule has 1 aromatic carbocycles. The van der Waals surface area contributed by atoms with Gasteiger partial charge in [-0.15, -0.1) is 0 Å². The minimum Gasteiger partial charge on any atom is -0.395 e. The summed E-state index contributed by atoms with van der Waals surface area (Å²) in [7, 11) is 0. The van der Waals surface area contributed by atoms with Gasteiger partial charge < -0.3 is 15.3 Å². The second kappa shape index (κ2) is 6.78. The van der Waals surface area contributed by atoms with Gasteiger partial charge in [0, 0.05) is 31.5 Å². The highest BCUT2D eigenvalue weighted by atomic mass is 16.3. The molecule has 1 saturated heterocycles. The number of benzene rings is 1. The molecule has 2 N–H and O–H groups in total. The van der Waals surface area contributed by atoms with E-state index in [0.29, 0.717) is 29.1 Å². The number of carbonyl (C=O) groups is 1. The van der Waals surface area contributed by atoms with Gasteiger partial charge in [0.2, 0.25) is 5.91 Å². The van der Waals surface area contributed by atoms with Crippen molar-refractivity contribution in [3.63, 3.8) is 0 Å². The normalized spacial score (nSPS) is 23.7. The van der Waals surface area contributed by atoms with Crippen LogP contribution in [0.15, 0.2) is 24.5 Å². The Morgan fingerprint density at radius 2 is 2.07 bits per heavy atom. The van der Waals surface area contributed by atoms with Gasteiger partial charge in [0.05, 0.1) is 23.3 Å². The Labute approximate surface area is 158 Å². The molecule has 2 unspecified atom stereocenters. The largest absolute Gasteiger partial charge is 0.395 e. The van der Waals surface area contributed by atoms with Crippen LogP contribution in [0.2, 0.25) is 0 Å². The lowest BCUT2D eigenvalue weighted by molar-refractivity contribution is -0.128. The Balaban J connectivity index is 1.60. The van der Waals surface area contributed by atoms with Crippen molar-refractivity contribution in [3.8, 4) is 6.07 Å². The van der Waals surface area contributed by atoms with Crippen LogP contribution in [0.4, 0.5) is 5.69 Å². The Hall–Kier alpha value is -2.72. The number of nitrogens with zero attached hydrogens (tertiary/aromatic N) is 4. The quantitative estimate of drug-likeness (QED) is 0.853. The van der Waals surface area contributed by atoms with E-state index in [1.807, 2.05) is 6.07 Å². The second-order valence-corrected chi connectivity index (χ2v) is 7.85. The van der Waals surface area contributed by atoms with Crippen molar-refractivity contribution in [1.82, 2.24) is 15.3 Å². The number of nitrogens with one attached hydrogen (secondary N) is 1. The maximum absolute atomic E-state index is 12.5. The molecule has 2 aliphatic rings. The van der Waals surface area contributed by atoms with E-state index in [4.69, 9.17) is 0 Å². The number of anilines is 1. The Kier molecular flexibility index (Phi) is 4.44. The number of rotatable bonds is 4. The number of hydrogen-bond acceptors (Lipinski definition) is 6. The molecule has 1 aliphatic heterocycles. The van der Waals surface area contributed by atoms with Gasteiger partial charge in [0.15, 0.2) is 0 Å². The minimum atomic E-state index is -0.557. The number of hydrogen-bond donors (Lipinski definition) is 2. The average Bonchev–Trinajstić information content (AvgIpc) is 3.48. The first kappa shape index (κ1) is 17.7. The SMILES string of the molecule is CC1CC(NC(=O)C2(CO)CC2)CN(c2ccc(C#N)c3nccnc23)C1. The third-order valence-electron chi connectivity index (χ3n) is 5.70. The molecule has 2 fully saturated rings. The Bertz CT molecular complexity index is 918. The van der Waals surface area contributed by atoms with E-state index >= 15 is 0 Å². The molecule has 1 aromatic heterocycles. The summed E-state index contributed by atoms with van der Waals surface area (Å²) in [5, 5.41) is 22.0. The van der Waals surface area contributed by atoms with Crippen LogP contribution in [0.25, 0.3) is 11.0 Å². The van der Waals surface area contributed by atoms with E-state index in [0.717, 1.165) is 31.5 Å². The molecule has 4 rings (SSSR count). The molecule has 0 spiro atoms. The monoisotopic (exact) mass is 365 g/mol. The summed E-state index contributed by atoms with van der Waals surface area (Å²) in [5.41, 5.74) is 2.21. The summed E-state index contributed by atoms with van der Waals surface area (Å²) >= 11 is 0. The summed E-state index contributed by atoms with van der Waals surface area (Å²) in [4.78, 5) is 23.5. The molecule has 0 bridgehead atoms. The zero-order valence-corrected chi connectivity index (χ0v) is 15.4. The van der Waals surface area contributed by atoms with Crippen LogP contribution >= 0.6 is 0 Å². The molecule has 1 aliphatic carbocycles. The molecule has 0 radical (unpaired) electrons. The first-order chi connectivity index (χ1) is 13.1. The van der Waals surface area contributed by atoms with Crippen LogP contribution in [0, 0.1) is 22.7 Å². The van der Waals surface area contributed by atoms with Crippen LogP contribution in [0.3, 0.4) is 0 Å². The molecule has 7 heteroatoms. The number of fused-ring (bicyclic) bond motifs is 1. The molecule has 27 heavy (non-hydrogen) atoms. The lowest BCUT2D eigenvalue weighted by atomic mass is 9.94. The van der Waals surface area contributed by atoms with E-state index in [9.17, 15) is 15.2 Å². The summed E-state index contributed by atoms with van der Waals surface area (Å²) in [6.45, 7) is 3.62. The van der Waals surface area contributed by atoms with E-state index < -0.39 is 5.41 Å². The minimum absolute atomic E-state index is 0.0210. The van der Waals surface area contributed by atoms with E-state index in [1.54, 1.807) is 18.5 Å². The van der Waals surface area contributed by atoms with E-state index in [-0.39, 0.29) is 18.6 Å². The highest BCUT2D eigenvalue weighted by Gasteiger charge is 2.50. The maximum Gasteiger partial charge on any atom is 0.228 e. The van der Waals surface area contributed by atoms with Crippen LogP contribution in [0.5, 0.6) is 0 Å². The fourth-order valence-electron chi connectivity index (χ4n) is 3.99. The van der Waals surface area contributed by atoms with E-state index in [2.05, 4.69) is 33.2 Å². The van der Waals surface area contributed by atoms with Gasteiger partial charge >= 0.3 is 0 Å². The summed E-state index contributed by atoms with van der Waals surface area (Å²) in [6.07, 6.45) is 5.66. The zero-order valence-electron chi connectivity index (χ0n) is 15.4. The van der Waals surface area contributed by atoms with Gasteiger partial charge in [0.25, 0.3) is 0 Å². The lowest BCUT2D eigenvalue weighted by Crippen LogP contribution is -2.52. The van der Waals surface area contributed by atoms with Crippen molar-refractivity contribution in [2.45, 2.75) is 32.2 Å². The third kappa shape index (κ3) is 3.21. The van der Waals surface area contributed by atoms with Crippen molar-refractivity contribution < 1.29 is 9.90 Å². The fourth-order valence-corrected chi connectivity index (χ4v) is 3.99. The van der Waals surface area contributed by atoms with Gasteiger partial charge in [-0.2, -0.15) is 5.26 Å². The van der Waals surface area contributed by atoms with E-state index in [1.165, 1.54) is 0 Å². The first-order valence-corrected chi connectivity index (χ1v) is 9.37. The molecular weight excluding hydrogens is 342 g/mol. The average molecular weight is 365 g/mol. The summed E-state index contributed by atoms with van der Waals surface area (Å²) in [6, 6.07) is 5.89. The highest BCUT2D eigenvalue weighted by Crippen LogP contribution is 2.45. The number of piperidine rings is 1. The van der Waals surface area contributed by atoms with Crippen molar-refractivity contribution in [2.24, 2.45) is 11.3 Å². The molecule has 7 nitrogen and oxygen atoms in total. The van der Waals surface area contributed by atoms with Crippen LogP contribution in [-0.4, -0.2) is 46.7 Å². The number of amides is 1. The Morgan fingerprint density at radius 3 is 2.74 bits per heavy atom. The smallest absolute Gasteiger partial charge is 0.228 e. The first-order valence-electron chi connectivity index (χ1n) is 9.37. The fraction of sp³-hybridized carbons (Fsp3) is 0.500. The standard InChI is InChI=1S/C20H23N5O2/c1-13-8-15(24-19(27)20(12-26)4-5-20)11-25(10-13)16-3-2-14(9-21)17-18(16)23-7-6-22-17/h2-3,6-7,13,15,26H,4-5,8,10-12H2,1H3,(H,24,27). The van der Waals surface area contributed by atoms with Crippen molar-refractivity contribution >= 4 is 22.6 Å². The molecule has 140 valence electrons. The number of aliphatic hydroxyl groups excluding tert-OH is 1. The van der Waals surface area contributed by atoms with Crippen molar-refractivity contribution in [2.75, 3.05) is 24.6 Å². The Morgan fingerprint density at radius 1 is 1.33 bits per heavy atom. The summed E-state index contributed by atoms with van der Waals surface area (Å²) in [5.74, 6) is 0.365. The van der Waals surface area contributed by atoms with Gasteiger partial charge in [-0.3, -0.25) is 14.8 Å². The molecule has 2 atom stereocenters. The van der Waals surface area contributed by atoms with Gasteiger partial charge in [-0.25, -0.2) is 0 Å². The zero-order chi connectivity index (χ0) is 19.0. The number of nitriles is 1. The molecule has 1 saturated carbocycles. The molecule has 2 aromatic rings. The van der Waals surface area contributed by atoms with Gasteiger partial charge in [-0.05, 0) is 37.3 Å². The molecular formula is C20H23N5O2. The second-order valence-electron chi connectivity index (χ2n) is 7.85. The highest BCUT2D eigenvalue weighted by molar-refractivity contribution is 5.92. The number of carbonyl (C=O) groups excluding carboxylic acids is 1. The lowest BCUT2D eigenvalue weighted by Gasteiger charge is -2.39. The topological polar surface area (TPSA) is 102 Å². The summed E-state index contributed by atoms with van der Waals surface area (Å²) < 4.78 is 0. The van der Waals surface area contributed by atoms with Crippen LogP contribution in [-0.2, 0) is 4.79 Å². The third-order valence-corrected chi connectivity index (χ3v) is 5.70. The molecule has 2 heterocycles. The number of aliphatic hydroxyl groups is 1. The predicted molar refractivity (Wildman–Crippen MR) is 101 cm³/mol. The van der Waals surface area contributed by atoms with Crippen molar-refractivity contribution in [3.05, 3.63) is 30.1 Å².